The van der Waals surface area contributed by atoms with Crippen molar-refractivity contribution < 1.29 is 0 Å². The summed E-state index contributed by atoms with van der Waals surface area (Å²) in [7, 11) is 0. The lowest BCUT2D eigenvalue weighted by molar-refractivity contribution is 0.612. The van der Waals surface area contributed by atoms with Gasteiger partial charge < -0.3 is 0 Å². The first-order valence-electron chi connectivity index (χ1n) is 7.30. The predicted molar refractivity (Wildman–Crippen MR) is 81.5 cm³/mol. The van der Waals surface area contributed by atoms with Gasteiger partial charge in [0.15, 0.2) is 0 Å². The molecular formula is C17H32. The number of benzene rings is 1. The van der Waals surface area contributed by atoms with Crippen molar-refractivity contribution in [3.05, 3.63) is 35.9 Å². The van der Waals surface area contributed by atoms with Gasteiger partial charge in [0.05, 0.1) is 0 Å². The van der Waals surface area contributed by atoms with Crippen molar-refractivity contribution in [2.75, 3.05) is 0 Å². The first-order chi connectivity index (χ1) is 8.29. The Balaban J connectivity index is 0. The van der Waals surface area contributed by atoms with Crippen LogP contribution >= 0.6 is 0 Å². The molecule has 1 aliphatic rings. The standard InChI is InChI=1S/C7H8.C6H12.2C2H6/c1-7-5-3-2-4-6-7;1-6-4-2-3-5-6;2*1-2/h2-6H,1H3;6H,2-5H2,1H3;2*1-2H3. The molecule has 1 aromatic carbocycles. The third-order valence-electron chi connectivity index (χ3n) is 2.58. The zero-order valence-corrected chi connectivity index (χ0v) is 12.8. The van der Waals surface area contributed by atoms with Crippen LogP contribution in [0.15, 0.2) is 30.3 Å². The Morgan fingerprint density at radius 2 is 1.24 bits per heavy atom. The molecule has 1 fully saturated rings. The topological polar surface area (TPSA) is 0 Å². The van der Waals surface area contributed by atoms with Crippen LogP contribution in [0.25, 0.3) is 0 Å². The molecule has 100 valence electrons. The lowest BCUT2D eigenvalue weighted by atomic mass is 10.2. The first kappa shape index (κ1) is 18.6. The monoisotopic (exact) mass is 236 g/mol. The van der Waals surface area contributed by atoms with Gasteiger partial charge in [0.2, 0.25) is 0 Å². The lowest BCUT2D eigenvalue weighted by Crippen LogP contribution is -1.78. The summed E-state index contributed by atoms with van der Waals surface area (Å²) < 4.78 is 0. The highest BCUT2D eigenvalue weighted by atomic mass is 14.1. The van der Waals surface area contributed by atoms with Gasteiger partial charge in [0.25, 0.3) is 0 Å². The first-order valence-corrected chi connectivity index (χ1v) is 7.30. The number of hydrogen-bond acceptors (Lipinski definition) is 0. The largest absolute Gasteiger partial charge is 0.0683 e. The van der Waals surface area contributed by atoms with Crippen LogP contribution < -0.4 is 0 Å². The molecule has 0 bridgehead atoms. The Hall–Kier alpha value is -0.780. The Morgan fingerprint density at radius 3 is 1.41 bits per heavy atom. The van der Waals surface area contributed by atoms with E-state index >= 15 is 0 Å². The predicted octanol–water partition coefficient (Wildman–Crippen LogP) is 6.24. The second-order valence-electron chi connectivity index (χ2n) is 4.04. The van der Waals surface area contributed by atoms with Crippen molar-refractivity contribution in [1.29, 1.82) is 0 Å². The average Bonchev–Trinajstić information content (AvgIpc) is 2.87. The zero-order valence-electron chi connectivity index (χ0n) is 12.8. The molecule has 0 amide bonds. The fourth-order valence-corrected chi connectivity index (χ4v) is 1.66. The molecule has 1 aliphatic carbocycles. The minimum absolute atomic E-state index is 1.05. The van der Waals surface area contributed by atoms with E-state index in [1.165, 1.54) is 31.2 Å². The van der Waals surface area contributed by atoms with Gasteiger partial charge in [-0.1, -0.05) is 96.2 Å². The molecule has 0 atom stereocenters. The van der Waals surface area contributed by atoms with E-state index in [1.807, 2.05) is 45.9 Å². The van der Waals surface area contributed by atoms with Crippen LogP contribution in [-0.2, 0) is 0 Å². The van der Waals surface area contributed by atoms with E-state index in [2.05, 4.69) is 26.0 Å². The maximum absolute atomic E-state index is 2.34. The summed E-state index contributed by atoms with van der Waals surface area (Å²) >= 11 is 0. The van der Waals surface area contributed by atoms with Gasteiger partial charge in [-0.3, -0.25) is 0 Å². The van der Waals surface area contributed by atoms with Crippen LogP contribution in [0.4, 0.5) is 0 Å². The highest BCUT2D eigenvalue weighted by molar-refractivity contribution is 5.11. The van der Waals surface area contributed by atoms with Gasteiger partial charge in [0, 0.05) is 0 Å². The Kier molecular flexibility index (Phi) is 16.6. The quantitative estimate of drug-likeness (QED) is 0.500. The molecule has 0 aliphatic heterocycles. The van der Waals surface area contributed by atoms with E-state index in [0.29, 0.717) is 0 Å². The molecule has 1 saturated carbocycles. The fraction of sp³-hybridized carbons (Fsp3) is 0.647. The Bertz CT molecular complexity index is 207. The van der Waals surface area contributed by atoms with Crippen molar-refractivity contribution in [3.63, 3.8) is 0 Å². The van der Waals surface area contributed by atoms with Gasteiger partial charge >= 0.3 is 0 Å². The number of hydrogen-bond donors (Lipinski definition) is 0. The number of aryl methyl sites for hydroxylation is 1. The molecule has 17 heavy (non-hydrogen) atoms. The van der Waals surface area contributed by atoms with Crippen molar-refractivity contribution in [2.24, 2.45) is 5.92 Å². The summed E-state index contributed by atoms with van der Waals surface area (Å²) in [5.41, 5.74) is 1.32. The van der Waals surface area contributed by atoms with Crippen molar-refractivity contribution in [2.45, 2.75) is 67.2 Å². The summed E-state index contributed by atoms with van der Waals surface area (Å²) in [4.78, 5) is 0. The van der Waals surface area contributed by atoms with Gasteiger partial charge in [-0.2, -0.15) is 0 Å². The minimum atomic E-state index is 1.05. The van der Waals surface area contributed by atoms with Crippen LogP contribution in [0, 0.1) is 12.8 Å². The molecule has 0 heterocycles. The molecule has 0 spiro atoms. The summed E-state index contributed by atoms with van der Waals surface area (Å²) in [6, 6.07) is 10.3. The maximum atomic E-state index is 2.34. The van der Waals surface area contributed by atoms with Crippen molar-refractivity contribution >= 4 is 0 Å². The van der Waals surface area contributed by atoms with E-state index in [0.717, 1.165) is 5.92 Å². The van der Waals surface area contributed by atoms with Gasteiger partial charge in [-0.25, -0.2) is 0 Å². The molecule has 0 nitrogen and oxygen atoms in total. The zero-order chi connectivity index (χ0) is 13.5. The molecule has 0 radical (unpaired) electrons. The molecule has 2 rings (SSSR count). The maximum Gasteiger partial charge on any atom is -0.0398 e. The summed E-state index contributed by atoms with van der Waals surface area (Å²) in [6.45, 7) is 12.4. The van der Waals surface area contributed by atoms with Gasteiger partial charge in [-0.15, -0.1) is 0 Å². The molecule has 1 aromatic rings. The molecular weight excluding hydrogens is 204 g/mol. The average molecular weight is 236 g/mol. The van der Waals surface area contributed by atoms with Crippen LogP contribution in [0.1, 0.15) is 65.9 Å². The minimum Gasteiger partial charge on any atom is -0.0683 e. The van der Waals surface area contributed by atoms with Crippen LogP contribution in [-0.4, -0.2) is 0 Å². The molecule has 0 saturated heterocycles. The summed E-state index contributed by atoms with van der Waals surface area (Å²) in [6.07, 6.45) is 5.95. The molecule has 0 unspecified atom stereocenters. The van der Waals surface area contributed by atoms with Crippen LogP contribution in [0.5, 0.6) is 0 Å². The van der Waals surface area contributed by atoms with Gasteiger partial charge in [-0.05, 0) is 12.8 Å². The van der Waals surface area contributed by atoms with E-state index in [4.69, 9.17) is 0 Å². The van der Waals surface area contributed by atoms with Gasteiger partial charge in [0.1, 0.15) is 0 Å². The highest BCUT2D eigenvalue weighted by Gasteiger charge is 2.07. The second kappa shape index (κ2) is 15.2. The summed E-state index contributed by atoms with van der Waals surface area (Å²) in [5, 5.41) is 0. The molecule has 0 heteroatoms. The fourth-order valence-electron chi connectivity index (χ4n) is 1.66. The molecule has 0 N–H and O–H groups in total. The second-order valence-corrected chi connectivity index (χ2v) is 4.04. The van der Waals surface area contributed by atoms with Crippen molar-refractivity contribution in [3.8, 4) is 0 Å². The normalized spacial score (nSPS) is 13.3. The third kappa shape index (κ3) is 13.2. The van der Waals surface area contributed by atoms with Crippen LogP contribution in [0.3, 0.4) is 0 Å². The highest BCUT2D eigenvalue weighted by Crippen LogP contribution is 2.22. The van der Waals surface area contributed by atoms with E-state index < -0.39 is 0 Å². The Labute approximate surface area is 109 Å². The van der Waals surface area contributed by atoms with E-state index in [1.54, 1.807) is 0 Å². The van der Waals surface area contributed by atoms with E-state index in [9.17, 15) is 0 Å². The lowest BCUT2D eigenvalue weighted by Gasteiger charge is -1.91. The smallest absolute Gasteiger partial charge is 0.0398 e. The SMILES string of the molecule is CC.CC.CC1CCCC1.Cc1ccccc1. The van der Waals surface area contributed by atoms with Crippen LogP contribution in [0.2, 0.25) is 0 Å². The number of rotatable bonds is 0. The molecule has 0 aromatic heterocycles. The third-order valence-corrected chi connectivity index (χ3v) is 2.58. The van der Waals surface area contributed by atoms with E-state index in [-0.39, 0.29) is 0 Å². The summed E-state index contributed by atoms with van der Waals surface area (Å²) in [5.74, 6) is 1.05. The van der Waals surface area contributed by atoms with Crippen molar-refractivity contribution in [1.82, 2.24) is 0 Å². The Morgan fingerprint density at radius 1 is 0.824 bits per heavy atom.